The summed E-state index contributed by atoms with van der Waals surface area (Å²) in [6, 6.07) is 4.26. The van der Waals surface area contributed by atoms with Crippen LogP contribution in [-0.4, -0.2) is 33.3 Å². The van der Waals surface area contributed by atoms with Crippen LogP contribution in [0.3, 0.4) is 0 Å². The van der Waals surface area contributed by atoms with Crippen LogP contribution in [0.25, 0.3) is 0 Å². The lowest BCUT2D eigenvalue weighted by Gasteiger charge is -2.10. The van der Waals surface area contributed by atoms with E-state index in [2.05, 4.69) is 34.7 Å². The van der Waals surface area contributed by atoms with Gasteiger partial charge < -0.3 is 15.4 Å². The van der Waals surface area contributed by atoms with Gasteiger partial charge in [-0.1, -0.05) is 0 Å². The molecule has 2 N–H and O–H groups in total. The van der Waals surface area contributed by atoms with Crippen LogP contribution < -0.4 is 10.6 Å². The zero-order valence-electron chi connectivity index (χ0n) is 10.0. The van der Waals surface area contributed by atoms with Crippen LogP contribution in [-0.2, 0) is 11.3 Å². The van der Waals surface area contributed by atoms with Gasteiger partial charge in [0.1, 0.15) is 0 Å². The largest absolute Gasteiger partial charge is 0.383 e. The second-order valence-electron chi connectivity index (χ2n) is 3.36. The van der Waals surface area contributed by atoms with E-state index in [0.29, 0.717) is 6.61 Å². The molecule has 1 aromatic heterocycles. The van der Waals surface area contributed by atoms with Crippen molar-refractivity contribution in [3.05, 3.63) is 21.9 Å². The number of aliphatic imine (C=N–C) groups is 1. The quantitative estimate of drug-likeness (QED) is 0.465. The first-order valence-electron chi connectivity index (χ1n) is 5.25. The molecule has 1 rings (SSSR count). The first-order valence-corrected chi connectivity index (χ1v) is 6.06. The molecule has 0 aromatic carbocycles. The molecule has 5 heteroatoms. The Morgan fingerprint density at radius 2 is 2.25 bits per heavy atom. The summed E-state index contributed by atoms with van der Waals surface area (Å²) < 4.78 is 4.96. The number of methoxy groups -OCH3 is 1. The van der Waals surface area contributed by atoms with E-state index >= 15 is 0 Å². The summed E-state index contributed by atoms with van der Waals surface area (Å²) in [7, 11) is 3.45. The molecule has 0 saturated carbocycles. The third kappa shape index (κ3) is 4.63. The molecule has 0 bridgehead atoms. The van der Waals surface area contributed by atoms with Crippen molar-refractivity contribution in [1.29, 1.82) is 0 Å². The van der Waals surface area contributed by atoms with Crippen LogP contribution in [0.2, 0.25) is 0 Å². The first kappa shape index (κ1) is 13.0. The number of ether oxygens (including phenoxy) is 1. The molecule has 0 saturated heterocycles. The van der Waals surface area contributed by atoms with Gasteiger partial charge in [0.15, 0.2) is 5.96 Å². The summed E-state index contributed by atoms with van der Waals surface area (Å²) in [4.78, 5) is 6.77. The van der Waals surface area contributed by atoms with E-state index in [9.17, 15) is 0 Å². The zero-order valence-corrected chi connectivity index (χ0v) is 10.9. The second kappa shape index (κ2) is 7.24. The maximum atomic E-state index is 4.96. The topological polar surface area (TPSA) is 45.7 Å². The Bertz CT molecular complexity index is 336. The number of hydrogen-bond donors (Lipinski definition) is 2. The molecule has 1 heterocycles. The fourth-order valence-electron chi connectivity index (χ4n) is 1.24. The second-order valence-corrected chi connectivity index (χ2v) is 4.73. The van der Waals surface area contributed by atoms with E-state index in [1.165, 1.54) is 9.75 Å². The Labute approximate surface area is 101 Å². The molecule has 0 radical (unpaired) electrons. The number of nitrogens with zero attached hydrogens (tertiary/aromatic N) is 1. The Kier molecular flexibility index (Phi) is 5.88. The average Bonchev–Trinajstić information content (AvgIpc) is 2.69. The van der Waals surface area contributed by atoms with E-state index < -0.39 is 0 Å². The third-order valence-corrected chi connectivity index (χ3v) is 3.05. The van der Waals surface area contributed by atoms with E-state index in [-0.39, 0.29) is 0 Å². The molecule has 90 valence electrons. The summed E-state index contributed by atoms with van der Waals surface area (Å²) in [6.07, 6.45) is 0. The highest BCUT2D eigenvalue weighted by Crippen LogP contribution is 2.14. The minimum atomic E-state index is 0.679. The zero-order chi connectivity index (χ0) is 11.8. The predicted octanol–water partition coefficient (Wildman–Crippen LogP) is 1.37. The van der Waals surface area contributed by atoms with Gasteiger partial charge in [-0.2, -0.15) is 0 Å². The fraction of sp³-hybridized carbons (Fsp3) is 0.545. The Balaban J connectivity index is 2.29. The maximum absolute atomic E-state index is 4.96. The molecule has 0 amide bonds. The molecule has 4 nitrogen and oxygen atoms in total. The summed E-state index contributed by atoms with van der Waals surface area (Å²) in [5.41, 5.74) is 0. The van der Waals surface area contributed by atoms with Crippen molar-refractivity contribution in [2.45, 2.75) is 13.5 Å². The smallest absolute Gasteiger partial charge is 0.191 e. The molecule has 0 unspecified atom stereocenters. The highest BCUT2D eigenvalue weighted by Gasteiger charge is 1.99. The summed E-state index contributed by atoms with van der Waals surface area (Å²) in [5.74, 6) is 0.808. The highest BCUT2D eigenvalue weighted by atomic mass is 32.1. The lowest BCUT2D eigenvalue weighted by molar-refractivity contribution is 0.203. The number of hydrogen-bond acceptors (Lipinski definition) is 3. The minimum absolute atomic E-state index is 0.679. The van der Waals surface area contributed by atoms with Gasteiger partial charge >= 0.3 is 0 Å². The SMILES string of the molecule is CN=C(NCCOC)NCc1ccc(C)s1. The lowest BCUT2D eigenvalue weighted by atomic mass is 10.4. The van der Waals surface area contributed by atoms with Crippen LogP contribution in [0, 0.1) is 6.92 Å². The van der Waals surface area contributed by atoms with E-state index in [1.807, 2.05) is 0 Å². The van der Waals surface area contributed by atoms with Gasteiger partial charge in [0, 0.05) is 30.5 Å². The van der Waals surface area contributed by atoms with Crippen molar-refractivity contribution in [2.75, 3.05) is 27.3 Å². The molecule has 0 atom stereocenters. The molecule has 0 fully saturated rings. The van der Waals surface area contributed by atoms with Gasteiger partial charge in [0.05, 0.1) is 13.2 Å². The monoisotopic (exact) mass is 241 g/mol. The van der Waals surface area contributed by atoms with Crippen LogP contribution in [0.15, 0.2) is 17.1 Å². The number of thiophene rings is 1. The van der Waals surface area contributed by atoms with Crippen LogP contribution in [0.4, 0.5) is 0 Å². The van der Waals surface area contributed by atoms with Crippen molar-refractivity contribution >= 4 is 17.3 Å². The summed E-state index contributed by atoms with van der Waals surface area (Å²) in [5, 5.41) is 6.42. The molecule has 0 aliphatic rings. The highest BCUT2D eigenvalue weighted by molar-refractivity contribution is 7.11. The van der Waals surface area contributed by atoms with Crippen LogP contribution in [0.1, 0.15) is 9.75 Å². The molecular weight excluding hydrogens is 222 g/mol. The van der Waals surface area contributed by atoms with E-state index in [1.54, 1.807) is 25.5 Å². The van der Waals surface area contributed by atoms with Crippen molar-refractivity contribution in [1.82, 2.24) is 10.6 Å². The third-order valence-electron chi connectivity index (χ3n) is 2.05. The molecule has 0 aliphatic carbocycles. The Morgan fingerprint density at radius 1 is 1.44 bits per heavy atom. The van der Waals surface area contributed by atoms with Gasteiger partial charge in [-0.3, -0.25) is 4.99 Å². The number of guanidine groups is 1. The van der Waals surface area contributed by atoms with Crippen molar-refractivity contribution in [2.24, 2.45) is 4.99 Å². The minimum Gasteiger partial charge on any atom is -0.383 e. The lowest BCUT2D eigenvalue weighted by Crippen LogP contribution is -2.38. The molecule has 0 spiro atoms. The number of rotatable bonds is 5. The van der Waals surface area contributed by atoms with Crippen molar-refractivity contribution in [3.8, 4) is 0 Å². The summed E-state index contributed by atoms with van der Waals surface area (Å²) >= 11 is 1.80. The fourth-order valence-corrected chi connectivity index (χ4v) is 2.07. The van der Waals surface area contributed by atoms with Crippen LogP contribution >= 0.6 is 11.3 Å². The molecule has 1 aromatic rings. The van der Waals surface area contributed by atoms with Crippen LogP contribution in [0.5, 0.6) is 0 Å². The molecular formula is C11H19N3OS. The van der Waals surface area contributed by atoms with Gasteiger partial charge in [0.2, 0.25) is 0 Å². The summed E-state index contributed by atoms with van der Waals surface area (Å²) in [6.45, 7) is 4.36. The molecule has 16 heavy (non-hydrogen) atoms. The van der Waals surface area contributed by atoms with Gasteiger partial charge in [-0.05, 0) is 19.1 Å². The van der Waals surface area contributed by atoms with Gasteiger partial charge in [-0.15, -0.1) is 11.3 Å². The number of aryl methyl sites for hydroxylation is 1. The van der Waals surface area contributed by atoms with Crippen molar-refractivity contribution in [3.63, 3.8) is 0 Å². The average molecular weight is 241 g/mol. The van der Waals surface area contributed by atoms with E-state index in [0.717, 1.165) is 19.0 Å². The van der Waals surface area contributed by atoms with Gasteiger partial charge in [-0.25, -0.2) is 0 Å². The Hall–Kier alpha value is -1.07. The first-order chi connectivity index (χ1) is 7.76. The standard InChI is InChI=1S/C11H19N3OS/c1-9-4-5-10(16-9)8-14-11(12-2)13-6-7-15-3/h4-5H,6-8H2,1-3H3,(H2,12,13,14). The Morgan fingerprint density at radius 3 is 2.81 bits per heavy atom. The van der Waals surface area contributed by atoms with Crippen molar-refractivity contribution < 1.29 is 4.74 Å². The normalized spacial score (nSPS) is 11.6. The van der Waals surface area contributed by atoms with E-state index in [4.69, 9.17) is 4.74 Å². The number of nitrogens with one attached hydrogen (secondary N) is 2. The van der Waals surface area contributed by atoms with Gasteiger partial charge in [0.25, 0.3) is 0 Å². The molecule has 0 aliphatic heterocycles. The maximum Gasteiger partial charge on any atom is 0.191 e. The predicted molar refractivity (Wildman–Crippen MR) is 69.1 cm³/mol.